The third kappa shape index (κ3) is 3.28. The second-order valence-corrected chi connectivity index (χ2v) is 4.32. The monoisotopic (exact) mass is 256 g/mol. The molecule has 16 heavy (non-hydrogen) atoms. The second-order valence-electron chi connectivity index (χ2n) is 2.79. The van der Waals surface area contributed by atoms with Gasteiger partial charge >= 0.3 is 6.36 Å². The number of benzene rings is 1. The number of alkyl halides is 3. The minimum absolute atomic E-state index is 0.253. The van der Waals surface area contributed by atoms with E-state index in [2.05, 4.69) is 4.74 Å². The minimum atomic E-state index is -4.91. The first-order chi connectivity index (χ1) is 7.09. The van der Waals surface area contributed by atoms with Crippen molar-refractivity contribution in [1.82, 2.24) is 0 Å². The van der Waals surface area contributed by atoms with Crippen LogP contribution >= 0.6 is 0 Å². The summed E-state index contributed by atoms with van der Waals surface area (Å²) in [6.07, 6.45) is -4.91. The third-order valence-electron chi connectivity index (χ3n) is 1.53. The maximum absolute atomic E-state index is 11.8. The third-order valence-corrected chi connectivity index (χ3v) is 2.49. The number of hydrogen-bond donors (Lipinski definition) is 2. The molecule has 0 saturated carbocycles. The van der Waals surface area contributed by atoms with Gasteiger partial charge in [0.2, 0.25) is 10.0 Å². The fraction of sp³-hybridized carbons (Fsp3) is 0.143. The molecule has 0 atom stereocenters. The average molecular weight is 256 g/mol. The van der Waals surface area contributed by atoms with E-state index < -0.39 is 27.0 Å². The van der Waals surface area contributed by atoms with Gasteiger partial charge in [0, 0.05) is 6.07 Å². The van der Waals surface area contributed by atoms with E-state index in [1.54, 1.807) is 0 Å². The molecule has 0 aliphatic heterocycles. The number of nitrogen functional groups attached to an aromatic ring is 1. The predicted octanol–water partition coefficient (Wildman–Crippen LogP) is 0.815. The fourth-order valence-electron chi connectivity index (χ4n) is 0.958. The van der Waals surface area contributed by atoms with Crippen LogP contribution in [0.25, 0.3) is 0 Å². The predicted molar refractivity (Wildman–Crippen MR) is 48.9 cm³/mol. The van der Waals surface area contributed by atoms with E-state index in [4.69, 9.17) is 10.9 Å². The Morgan fingerprint density at radius 1 is 1.25 bits per heavy atom. The Morgan fingerprint density at radius 3 is 2.25 bits per heavy atom. The quantitative estimate of drug-likeness (QED) is 0.765. The molecule has 1 rings (SSSR count). The van der Waals surface area contributed by atoms with Crippen molar-refractivity contribution in [3.8, 4) is 5.75 Å². The molecular weight excluding hydrogens is 249 g/mol. The summed E-state index contributed by atoms with van der Waals surface area (Å²) in [5.41, 5.74) is 4.99. The lowest BCUT2D eigenvalue weighted by Crippen LogP contribution is -2.18. The minimum Gasteiger partial charge on any atom is -0.406 e. The summed E-state index contributed by atoms with van der Waals surface area (Å²) in [4.78, 5) is -0.616. The Morgan fingerprint density at radius 2 is 1.81 bits per heavy atom. The Hall–Kier alpha value is -1.48. The van der Waals surface area contributed by atoms with E-state index >= 15 is 0 Å². The first kappa shape index (κ1) is 12.6. The molecule has 90 valence electrons. The van der Waals surface area contributed by atoms with Crippen molar-refractivity contribution in [3.05, 3.63) is 18.2 Å². The van der Waals surface area contributed by atoms with Crippen LogP contribution in [0, 0.1) is 0 Å². The van der Waals surface area contributed by atoms with Gasteiger partial charge in [0.1, 0.15) is 10.6 Å². The Labute approximate surface area is 88.8 Å². The van der Waals surface area contributed by atoms with Crippen molar-refractivity contribution in [3.63, 3.8) is 0 Å². The highest BCUT2D eigenvalue weighted by Gasteiger charge is 2.31. The number of sulfonamides is 1. The molecule has 0 heterocycles. The Kier molecular flexibility index (Phi) is 3.01. The first-order valence-electron chi connectivity index (χ1n) is 3.78. The molecule has 0 fully saturated rings. The van der Waals surface area contributed by atoms with Crippen molar-refractivity contribution in [2.24, 2.45) is 5.14 Å². The lowest BCUT2D eigenvalue weighted by molar-refractivity contribution is -0.274. The highest BCUT2D eigenvalue weighted by molar-refractivity contribution is 7.89. The number of nitrogens with two attached hydrogens (primary N) is 2. The Bertz CT molecular complexity index is 498. The number of rotatable bonds is 2. The zero-order chi connectivity index (χ0) is 12.6. The van der Waals surface area contributed by atoms with Crippen LogP contribution in [0.15, 0.2) is 23.1 Å². The lowest BCUT2D eigenvalue weighted by atomic mass is 10.3. The molecule has 1 aromatic rings. The highest BCUT2D eigenvalue weighted by Crippen LogP contribution is 2.27. The van der Waals surface area contributed by atoms with Gasteiger partial charge in [0.15, 0.2) is 0 Å². The molecule has 0 saturated heterocycles. The maximum Gasteiger partial charge on any atom is 0.573 e. The number of primary sulfonamides is 1. The molecule has 0 aliphatic carbocycles. The smallest absolute Gasteiger partial charge is 0.406 e. The van der Waals surface area contributed by atoms with Crippen LogP contribution in [0.2, 0.25) is 0 Å². The normalized spacial score (nSPS) is 12.5. The molecular formula is C7H7F3N2O3S. The molecule has 0 unspecified atom stereocenters. The van der Waals surface area contributed by atoms with Crippen LogP contribution < -0.4 is 15.6 Å². The van der Waals surface area contributed by atoms with Crippen molar-refractivity contribution >= 4 is 15.7 Å². The van der Waals surface area contributed by atoms with Crippen LogP contribution in [0.5, 0.6) is 5.75 Å². The number of hydrogen-bond acceptors (Lipinski definition) is 4. The SMILES string of the molecule is Nc1ccc(OC(F)(F)F)cc1S(N)(=O)=O. The van der Waals surface area contributed by atoms with Crippen LogP contribution in [-0.4, -0.2) is 14.8 Å². The van der Waals surface area contributed by atoms with Crippen LogP contribution in [0.3, 0.4) is 0 Å². The van der Waals surface area contributed by atoms with Crippen molar-refractivity contribution in [2.75, 3.05) is 5.73 Å². The van der Waals surface area contributed by atoms with Crippen molar-refractivity contribution < 1.29 is 26.3 Å². The molecule has 0 spiro atoms. The fourth-order valence-corrected chi connectivity index (χ4v) is 1.64. The van der Waals surface area contributed by atoms with E-state index in [0.29, 0.717) is 6.07 Å². The van der Waals surface area contributed by atoms with Crippen LogP contribution in [-0.2, 0) is 10.0 Å². The summed E-state index contributed by atoms with van der Waals surface area (Å²) in [6, 6.07) is 2.45. The first-order valence-corrected chi connectivity index (χ1v) is 5.32. The van der Waals surface area contributed by atoms with Gasteiger partial charge in [-0.15, -0.1) is 13.2 Å². The summed E-state index contributed by atoms with van der Waals surface area (Å²) in [6.45, 7) is 0. The largest absolute Gasteiger partial charge is 0.573 e. The Balaban J connectivity index is 3.19. The van der Waals surface area contributed by atoms with E-state index in [0.717, 1.165) is 12.1 Å². The number of ether oxygens (including phenoxy) is 1. The average Bonchev–Trinajstić information content (AvgIpc) is 2.04. The molecule has 5 nitrogen and oxygen atoms in total. The zero-order valence-corrected chi connectivity index (χ0v) is 8.47. The molecule has 0 amide bonds. The molecule has 0 bridgehead atoms. The van der Waals surface area contributed by atoms with E-state index in [-0.39, 0.29) is 5.69 Å². The molecule has 4 N–H and O–H groups in total. The number of halogens is 3. The molecule has 0 aromatic heterocycles. The van der Waals surface area contributed by atoms with Crippen LogP contribution in [0.1, 0.15) is 0 Å². The topological polar surface area (TPSA) is 95.4 Å². The molecule has 9 heteroatoms. The second kappa shape index (κ2) is 3.83. The van der Waals surface area contributed by atoms with Crippen molar-refractivity contribution in [2.45, 2.75) is 11.3 Å². The van der Waals surface area contributed by atoms with E-state index in [9.17, 15) is 21.6 Å². The van der Waals surface area contributed by atoms with Gasteiger partial charge in [-0.05, 0) is 12.1 Å². The number of anilines is 1. The zero-order valence-electron chi connectivity index (χ0n) is 7.65. The van der Waals surface area contributed by atoms with Gasteiger partial charge in [0.25, 0.3) is 0 Å². The van der Waals surface area contributed by atoms with Gasteiger partial charge < -0.3 is 10.5 Å². The summed E-state index contributed by atoms with van der Waals surface area (Å²) in [5.74, 6) is -0.703. The van der Waals surface area contributed by atoms with Gasteiger partial charge in [-0.3, -0.25) is 0 Å². The summed E-state index contributed by atoms with van der Waals surface area (Å²) < 4.78 is 60.9. The standard InChI is InChI=1S/C7H7F3N2O3S/c8-7(9,10)15-4-1-2-5(11)6(3-4)16(12,13)14/h1-3H,11H2,(H2,12,13,14). The van der Waals surface area contributed by atoms with Gasteiger partial charge in [0.05, 0.1) is 5.69 Å². The lowest BCUT2D eigenvalue weighted by Gasteiger charge is -2.10. The summed E-state index contributed by atoms with van der Waals surface area (Å²) in [5, 5.41) is 4.75. The highest BCUT2D eigenvalue weighted by atomic mass is 32.2. The molecule has 0 aliphatic rings. The maximum atomic E-state index is 11.8. The summed E-state index contributed by atoms with van der Waals surface area (Å²) in [7, 11) is -4.18. The van der Waals surface area contributed by atoms with Gasteiger partial charge in [-0.2, -0.15) is 0 Å². The van der Waals surface area contributed by atoms with Crippen molar-refractivity contribution in [1.29, 1.82) is 0 Å². The summed E-state index contributed by atoms with van der Waals surface area (Å²) >= 11 is 0. The van der Waals surface area contributed by atoms with Gasteiger partial charge in [-0.25, -0.2) is 13.6 Å². The molecule has 0 radical (unpaired) electrons. The van der Waals surface area contributed by atoms with Gasteiger partial charge in [-0.1, -0.05) is 0 Å². The van der Waals surface area contributed by atoms with E-state index in [1.165, 1.54) is 0 Å². The van der Waals surface area contributed by atoms with Crippen LogP contribution in [0.4, 0.5) is 18.9 Å². The molecule has 1 aromatic carbocycles. The van der Waals surface area contributed by atoms with E-state index in [1.807, 2.05) is 0 Å².